The highest BCUT2D eigenvalue weighted by Crippen LogP contribution is 2.63. The van der Waals surface area contributed by atoms with E-state index in [9.17, 15) is 0 Å². The Kier molecular flexibility index (Phi) is 6.46. The topological polar surface area (TPSA) is 16.1 Å². The van der Waals surface area contributed by atoms with Gasteiger partial charge in [0.15, 0.2) is 0 Å². The molecule has 0 aliphatic heterocycles. The summed E-state index contributed by atoms with van der Waals surface area (Å²) in [5.41, 5.74) is 17.0. The zero-order valence-corrected chi connectivity index (χ0v) is 30.6. The predicted octanol–water partition coefficient (Wildman–Crippen LogP) is 14.1. The van der Waals surface area contributed by atoms with Crippen molar-refractivity contribution in [2.45, 2.75) is 5.41 Å². The zero-order chi connectivity index (χ0) is 36.1. The molecule has 0 saturated carbocycles. The summed E-state index contributed by atoms with van der Waals surface area (Å²) in [6, 6.07) is 69.5. The Morgan fingerprint density at radius 1 is 0.400 bits per heavy atom. The molecule has 0 atom stereocenters. The summed E-state index contributed by atoms with van der Waals surface area (Å²) in [7, 11) is 0. The maximum absolute atomic E-state index is 4.81. The van der Waals surface area contributed by atoms with Crippen LogP contribution in [0.3, 0.4) is 0 Å². The summed E-state index contributed by atoms with van der Waals surface area (Å²) in [5.74, 6) is 0. The van der Waals surface area contributed by atoms with E-state index < -0.39 is 5.41 Å². The molecule has 3 heteroatoms. The van der Waals surface area contributed by atoms with Crippen LogP contribution in [0.1, 0.15) is 22.3 Å². The number of anilines is 3. The largest absolute Gasteiger partial charge is 0.310 e. The number of pyridine rings is 1. The SMILES string of the molecule is c1ccc(-c2ccc(N(c3ccc4c(c3)C3(c5ccccc5-c5ccccc53)c3ccccc3-4)c3ccc4sc5cnc6ccccc6c5c4c3)cc2)cc1. The molecule has 2 heterocycles. The van der Waals surface area contributed by atoms with Gasteiger partial charge in [-0.1, -0.05) is 140 Å². The van der Waals surface area contributed by atoms with Gasteiger partial charge in [-0.2, -0.15) is 0 Å². The van der Waals surface area contributed by atoms with Crippen LogP contribution in [0.4, 0.5) is 17.1 Å². The number of fused-ring (bicyclic) bond motifs is 15. The van der Waals surface area contributed by atoms with Crippen LogP contribution in [0.2, 0.25) is 0 Å². The first-order valence-corrected chi connectivity index (χ1v) is 19.7. The number of nitrogens with zero attached hydrogens (tertiary/aromatic N) is 2. The first kappa shape index (κ1) is 30.6. The van der Waals surface area contributed by atoms with Crippen molar-refractivity contribution in [1.29, 1.82) is 0 Å². The van der Waals surface area contributed by atoms with Crippen LogP contribution in [-0.2, 0) is 5.41 Å². The second kappa shape index (κ2) is 11.6. The normalized spacial score (nSPS) is 13.2. The molecule has 0 amide bonds. The molecule has 12 rings (SSSR count). The number of hydrogen-bond acceptors (Lipinski definition) is 3. The fraction of sp³-hybridized carbons (Fsp3) is 0.0192. The van der Waals surface area contributed by atoms with Crippen LogP contribution < -0.4 is 4.90 Å². The van der Waals surface area contributed by atoms with E-state index >= 15 is 0 Å². The van der Waals surface area contributed by atoms with Crippen molar-refractivity contribution < 1.29 is 0 Å². The van der Waals surface area contributed by atoms with Crippen molar-refractivity contribution in [3.63, 3.8) is 0 Å². The van der Waals surface area contributed by atoms with Crippen LogP contribution in [-0.4, -0.2) is 4.98 Å². The highest BCUT2D eigenvalue weighted by molar-refractivity contribution is 7.26. The standard InChI is InChI=1S/C52H32N2S/c1-2-12-33(13-3-1)34-22-24-35(25-23-34)54(36-27-29-49-43(30-36)51-42-17-7-11-21-48(42)53-32-50(51)55-49)37-26-28-41-40-16-6-10-20-46(40)52(47(41)31-37)44-18-8-4-14-38(44)39-15-5-9-19-45(39)52/h1-32H. The van der Waals surface area contributed by atoms with Gasteiger partial charge in [-0.3, -0.25) is 4.98 Å². The van der Waals surface area contributed by atoms with Crippen LogP contribution in [0.15, 0.2) is 194 Å². The lowest BCUT2D eigenvalue weighted by molar-refractivity contribution is 0.793. The predicted molar refractivity (Wildman–Crippen MR) is 231 cm³/mol. The van der Waals surface area contributed by atoms with Crippen molar-refractivity contribution in [3.05, 3.63) is 217 Å². The van der Waals surface area contributed by atoms with E-state index in [0.29, 0.717) is 0 Å². The van der Waals surface area contributed by atoms with E-state index in [2.05, 4.69) is 193 Å². The van der Waals surface area contributed by atoms with Crippen LogP contribution in [0.5, 0.6) is 0 Å². The van der Waals surface area contributed by atoms with Crippen molar-refractivity contribution in [3.8, 4) is 33.4 Å². The van der Waals surface area contributed by atoms with E-state index in [1.165, 1.54) is 81.2 Å². The fourth-order valence-corrected chi connectivity index (χ4v) is 10.7. The highest BCUT2D eigenvalue weighted by atomic mass is 32.1. The maximum atomic E-state index is 4.81. The quantitative estimate of drug-likeness (QED) is 0.180. The van der Waals surface area contributed by atoms with Crippen molar-refractivity contribution >= 4 is 59.5 Å². The minimum absolute atomic E-state index is 0.419. The summed E-state index contributed by atoms with van der Waals surface area (Å²) in [4.78, 5) is 7.26. The van der Waals surface area contributed by atoms with Gasteiger partial charge in [-0.25, -0.2) is 0 Å². The van der Waals surface area contributed by atoms with E-state index in [4.69, 9.17) is 4.98 Å². The maximum Gasteiger partial charge on any atom is 0.0726 e. The van der Waals surface area contributed by atoms with Crippen molar-refractivity contribution in [2.24, 2.45) is 0 Å². The molecule has 0 N–H and O–H groups in total. The Morgan fingerprint density at radius 3 is 1.65 bits per heavy atom. The molecule has 55 heavy (non-hydrogen) atoms. The smallest absolute Gasteiger partial charge is 0.0726 e. The molecule has 0 unspecified atom stereocenters. The summed E-state index contributed by atoms with van der Waals surface area (Å²) in [6.07, 6.45) is 2.04. The number of para-hydroxylation sites is 1. The molecular formula is C52H32N2S. The number of benzene rings is 8. The Labute approximate surface area is 323 Å². The molecule has 0 saturated heterocycles. The first-order valence-electron chi connectivity index (χ1n) is 18.9. The molecule has 2 aliphatic rings. The molecule has 2 aliphatic carbocycles. The minimum Gasteiger partial charge on any atom is -0.310 e. The Hall–Kier alpha value is -6.81. The lowest BCUT2D eigenvalue weighted by Crippen LogP contribution is -2.26. The van der Waals surface area contributed by atoms with Gasteiger partial charge in [0.2, 0.25) is 0 Å². The summed E-state index contributed by atoms with van der Waals surface area (Å²) in [6.45, 7) is 0. The van der Waals surface area contributed by atoms with Gasteiger partial charge in [0.25, 0.3) is 0 Å². The van der Waals surface area contributed by atoms with Crippen molar-refractivity contribution in [2.75, 3.05) is 4.90 Å². The van der Waals surface area contributed by atoms with Gasteiger partial charge in [0, 0.05) is 44.1 Å². The molecule has 8 aromatic carbocycles. The van der Waals surface area contributed by atoms with E-state index in [1.54, 1.807) is 0 Å². The number of thiophene rings is 1. The lowest BCUT2D eigenvalue weighted by atomic mass is 9.70. The first-order chi connectivity index (χ1) is 27.3. The average Bonchev–Trinajstić information content (AvgIpc) is 3.88. The zero-order valence-electron chi connectivity index (χ0n) is 29.8. The van der Waals surface area contributed by atoms with Crippen molar-refractivity contribution in [1.82, 2.24) is 4.98 Å². The van der Waals surface area contributed by atoms with E-state index in [-0.39, 0.29) is 0 Å². The third-order valence-electron chi connectivity index (χ3n) is 11.9. The molecule has 10 aromatic rings. The van der Waals surface area contributed by atoms with E-state index in [0.717, 1.165) is 22.6 Å². The molecule has 0 bridgehead atoms. The van der Waals surface area contributed by atoms with Crippen LogP contribution >= 0.6 is 11.3 Å². The third kappa shape index (κ3) is 4.27. The summed E-state index contributed by atoms with van der Waals surface area (Å²) in [5, 5.41) is 3.72. The van der Waals surface area contributed by atoms with Gasteiger partial charge < -0.3 is 4.90 Å². The van der Waals surface area contributed by atoms with Crippen LogP contribution in [0.25, 0.3) is 64.5 Å². The van der Waals surface area contributed by atoms with Gasteiger partial charge in [-0.05, 0) is 104 Å². The fourth-order valence-electron chi connectivity index (χ4n) is 9.64. The summed E-state index contributed by atoms with van der Waals surface area (Å²) >= 11 is 1.82. The molecule has 2 aromatic heterocycles. The summed E-state index contributed by atoms with van der Waals surface area (Å²) < 4.78 is 2.47. The second-order valence-corrected chi connectivity index (χ2v) is 15.7. The Balaban J connectivity index is 1.12. The van der Waals surface area contributed by atoms with E-state index in [1.807, 2.05) is 17.5 Å². The van der Waals surface area contributed by atoms with Crippen LogP contribution in [0, 0.1) is 0 Å². The second-order valence-electron chi connectivity index (χ2n) is 14.7. The molecule has 2 nitrogen and oxygen atoms in total. The average molecular weight is 717 g/mol. The molecular weight excluding hydrogens is 685 g/mol. The van der Waals surface area contributed by atoms with Gasteiger partial charge in [0.1, 0.15) is 0 Å². The molecule has 1 spiro atoms. The third-order valence-corrected chi connectivity index (χ3v) is 13.0. The Bertz CT molecular complexity index is 3090. The number of rotatable bonds is 4. The highest BCUT2D eigenvalue weighted by Gasteiger charge is 2.51. The monoisotopic (exact) mass is 716 g/mol. The Morgan fingerprint density at radius 2 is 0.945 bits per heavy atom. The minimum atomic E-state index is -0.419. The lowest BCUT2D eigenvalue weighted by Gasteiger charge is -2.32. The number of hydrogen-bond donors (Lipinski definition) is 0. The molecule has 256 valence electrons. The number of aromatic nitrogens is 1. The van der Waals surface area contributed by atoms with Gasteiger partial charge in [-0.15, -0.1) is 11.3 Å². The van der Waals surface area contributed by atoms with Gasteiger partial charge >= 0.3 is 0 Å². The molecule has 0 fully saturated rings. The molecule has 0 radical (unpaired) electrons. The van der Waals surface area contributed by atoms with Gasteiger partial charge in [0.05, 0.1) is 15.6 Å².